The van der Waals surface area contributed by atoms with Gasteiger partial charge in [0.15, 0.2) is 0 Å². The van der Waals surface area contributed by atoms with E-state index in [0.29, 0.717) is 18.3 Å². The molecule has 4 rings (SSSR count). The number of carbonyl (C=O) groups is 3. The standard InChI is InChI=1S/C20H29N3O3.2C2HF3O2/c24-20(22-17-2-1-6-21-11-17)10-19-18-3-7-23(13-16(18)14-26-19)12-15-4-8-25-9-5-15;2*3-2(4,5)1(6)7/h1-2,6,11,15-16,18-19H,3-5,7-10,12-14H2,(H,22,24);2*(H,6,7)/t16-,18-,19-;;/m1../s1. The summed E-state index contributed by atoms with van der Waals surface area (Å²) in [5.74, 6) is -3.63. The number of nitrogens with zero attached hydrogens (tertiary/aromatic N) is 2. The van der Waals surface area contributed by atoms with Gasteiger partial charge in [-0.15, -0.1) is 0 Å². The van der Waals surface area contributed by atoms with Crippen molar-refractivity contribution in [2.75, 3.05) is 44.8 Å². The zero-order chi connectivity index (χ0) is 29.9. The number of amides is 1. The minimum absolute atomic E-state index is 0.0216. The summed E-state index contributed by atoms with van der Waals surface area (Å²) in [6.07, 6.45) is -2.77. The quantitative estimate of drug-likeness (QED) is 0.443. The van der Waals surface area contributed by atoms with Crippen LogP contribution in [0.2, 0.25) is 0 Å². The van der Waals surface area contributed by atoms with E-state index in [1.165, 1.54) is 19.4 Å². The van der Waals surface area contributed by atoms with Crippen molar-refractivity contribution in [3.05, 3.63) is 24.5 Å². The number of rotatable bonds is 5. The molecule has 3 fully saturated rings. The molecule has 0 saturated carbocycles. The SMILES string of the molecule is O=C(C[C@H]1OC[C@H]2CN(CC3CCOCC3)CC[C@H]21)Nc1cccnc1.O=C(O)C(F)(F)F.O=C(O)C(F)(F)F. The highest BCUT2D eigenvalue weighted by molar-refractivity contribution is 5.90. The van der Waals surface area contributed by atoms with Crippen molar-refractivity contribution in [2.24, 2.45) is 17.8 Å². The molecule has 3 N–H and O–H groups in total. The minimum atomic E-state index is -5.08. The number of carboxylic acids is 2. The second-order valence-corrected chi connectivity index (χ2v) is 9.50. The van der Waals surface area contributed by atoms with E-state index >= 15 is 0 Å². The average Bonchev–Trinajstić information content (AvgIpc) is 3.26. The first-order valence-corrected chi connectivity index (χ1v) is 12.4. The van der Waals surface area contributed by atoms with Gasteiger partial charge in [0.2, 0.25) is 5.91 Å². The molecule has 1 amide bonds. The Labute approximate surface area is 225 Å². The number of aromatic nitrogens is 1. The molecule has 40 heavy (non-hydrogen) atoms. The molecule has 0 unspecified atom stereocenters. The smallest absolute Gasteiger partial charge is 0.475 e. The van der Waals surface area contributed by atoms with E-state index in [1.54, 1.807) is 12.4 Å². The number of carbonyl (C=O) groups excluding carboxylic acids is 1. The maximum Gasteiger partial charge on any atom is 0.490 e. The molecule has 0 radical (unpaired) electrons. The fraction of sp³-hybridized carbons (Fsp3) is 0.667. The zero-order valence-corrected chi connectivity index (χ0v) is 21.3. The second-order valence-electron chi connectivity index (χ2n) is 9.50. The van der Waals surface area contributed by atoms with Gasteiger partial charge in [0, 0.05) is 38.4 Å². The minimum Gasteiger partial charge on any atom is -0.475 e. The van der Waals surface area contributed by atoms with Crippen LogP contribution in [-0.4, -0.2) is 95.9 Å². The first-order valence-electron chi connectivity index (χ1n) is 12.4. The Kier molecular flexibility index (Phi) is 12.6. The Morgan fingerprint density at radius 3 is 2.15 bits per heavy atom. The van der Waals surface area contributed by atoms with Crippen molar-refractivity contribution < 1.29 is 60.4 Å². The summed E-state index contributed by atoms with van der Waals surface area (Å²) in [7, 11) is 0. The topological polar surface area (TPSA) is 138 Å². The molecule has 1 aromatic rings. The number of ether oxygens (including phenoxy) is 2. The molecule has 226 valence electrons. The number of fused-ring (bicyclic) bond motifs is 1. The third kappa shape index (κ3) is 11.6. The van der Waals surface area contributed by atoms with E-state index in [1.807, 2.05) is 12.1 Å². The summed E-state index contributed by atoms with van der Waals surface area (Å²) in [6, 6.07) is 3.68. The van der Waals surface area contributed by atoms with Crippen molar-refractivity contribution in [3.8, 4) is 0 Å². The number of halogens is 6. The van der Waals surface area contributed by atoms with Crippen LogP contribution in [0.3, 0.4) is 0 Å². The lowest BCUT2D eigenvalue weighted by atomic mass is 9.82. The van der Waals surface area contributed by atoms with E-state index in [2.05, 4.69) is 15.2 Å². The van der Waals surface area contributed by atoms with Crippen LogP contribution in [0, 0.1) is 17.8 Å². The Hall–Kier alpha value is -2.98. The van der Waals surface area contributed by atoms with Crippen LogP contribution in [0.4, 0.5) is 32.0 Å². The molecule has 3 aliphatic heterocycles. The summed E-state index contributed by atoms with van der Waals surface area (Å²) >= 11 is 0. The third-order valence-corrected chi connectivity index (χ3v) is 6.55. The first-order chi connectivity index (χ1) is 18.7. The Bertz CT molecular complexity index is 935. The van der Waals surface area contributed by atoms with Gasteiger partial charge in [-0.3, -0.25) is 9.78 Å². The lowest BCUT2D eigenvalue weighted by molar-refractivity contribution is -0.193. The van der Waals surface area contributed by atoms with Crippen molar-refractivity contribution >= 4 is 23.5 Å². The van der Waals surface area contributed by atoms with Crippen molar-refractivity contribution in [3.63, 3.8) is 0 Å². The fourth-order valence-corrected chi connectivity index (χ4v) is 4.66. The summed E-state index contributed by atoms with van der Waals surface area (Å²) in [6.45, 7) is 6.06. The van der Waals surface area contributed by atoms with Crippen molar-refractivity contribution in [2.45, 2.75) is 44.1 Å². The zero-order valence-electron chi connectivity index (χ0n) is 21.3. The summed E-state index contributed by atoms with van der Waals surface area (Å²) < 4.78 is 75.0. The van der Waals surface area contributed by atoms with Crippen LogP contribution in [-0.2, 0) is 23.9 Å². The van der Waals surface area contributed by atoms with Crippen LogP contribution >= 0.6 is 0 Å². The largest absolute Gasteiger partial charge is 0.490 e. The predicted molar refractivity (Wildman–Crippen MR) is 126 cm³/mol. The highest BCUT2D eigenvalue weighted by Gasteiger charge is 2.42. The molecular formula is C24H31F6N3O7. The molecule has 10 nitrogen and oxygen atoms in total. The van der Waals surface area contributed by atoms with E-state index in [0.717, 1.165) is 50.9 Å². The monoisotopic (exact) mass is 587 g/mol. The highest BCUT2D eigenvalue weighted by Crippen LogP contribution is 2.36. The second kappa shape index (κ2) is 15.1. The maximum absolute atomic E-state index is 12.3. The van der Waals surface area contributed by atoms with Crippen molar-refractivity contribution in [1.82, 2.24) is 9.88 Å². The molecule has 0 aliphatic carbocycles. The van der Waals surface area contributed by atoms with Gasteiger partial charge in [-0.25, -0.2) is 9.59 Å². The molecule has 0 spiro atoms. The number of piperidine rings is 1. The Morgan fingerprint density at radius 1 is 1.02 bits per heavy atom. The van der Waals surface area contributed by atoms with Crippen LogP contribution in [0.1, 0.15) is 25.7 Å². The van der Waals surface area contributed by atoms with Crippen LogP contribution in [0.25, 0.3) is 0 Å². The lowest BCUT2D eigenvalue weighted by Gasteiger charge is -2.38. The van der Waals surface area contributed by atoms with Gasteiger partial charge in [0.25, 0.3) is 0 Å². The Balaban J connectivity index is 0.000000333. The number of hydrogen-bond acceptors (Lipinski definition) is 7. The van der Waals surface area contributed by atoms with E-state index < -0.39 is 24.3 Å². The fourth-order valence-electron chi connectivity index (χ4n) is 4.66. The molecule has 3 atom stereocenters. The van der Waals surface area contributed by atoms with Crippen LogP contribution < -0.4 is 5.32 Å². The third-order valence-electron chi connectivity index (χ3n) is 6.55. The Morgan fingerprint density at radius 2 is 1.62 bits per heavy atom. The van der Waals surface area contributed by atoms with E-state index in [9.17, 15) is 31.1 Å². The normalized spacial score (nSPS) is 23.5. The van der Waals surface area contributed by atoms with Gasteiger partial charge in [-0.05, 0) is 49.8 Å². The highest BCUT2D eigenvalue weighted by atomic mass is 19.4. The van der Waals surface area contributed by atoms with Gasteiger partial charge in [-0.1, -0.05) is 0 Å². The summed E-state index contributed by atoms with van der Waals surface area (Å²) in [5.41, 5.74) is 0.748. The van der Waals surface area contributed by atoms with Gasteiger partial charge >= 0.3 is 24.3 Å². The number of nitrogens with one attached hydrogen (secondary N) is 1. The molecule has 0 aromatic carbocycles. The van der Waals surface area contributed by atoms with Crippen molar-refractivity contribution in [1.29, 1.82) is 0 Å². The van der Waals surface area contributed by atoms with E-state index in [4.69, 9.17) is 29.3 Å². The average molecular weight is 588 g/mol. The number of anilines is 1. The molecule has 3 aliphatic rings. The van der Waals surface area contributed by atoms with E-state index in [-0.39, 0.29) is 12.0 Å². The molecule has 16 heteroatoms. The number of carboxylic acid groups (broad SMARTS) is 2. The molecule has 4 heterocycles. The molecule has 0 bridgehead atoms. The number of aliphatic carboxylic acids is 2. The van der Waals surface area contributed by atoms with Gasteiger partial charge in [-0.2, -0.15) is 26.3 Å². The summed E-state index contributed by atoms with van der Waals surface area (Å²) in [5, 5.41) is 17.2. The molecular weight excluding hydrogens is 556 g/mol. The van der Waals surface area contributed by atoms with Gasteiger partial charge in [0.1, 0.15) is 0 Å². The predicted octanol–water partition coefficient (Wildman–Crippen LogP) is 3.44. The number of pyridine rings is 1. The number of alkyl halides is 6. The van der Waals surface area contributed by atoms with Crippen LogP contribution in [0.15, 0.2) is 24.5 Å². The molecule has 1 aromatic heterocycles. The molecule has 3 saturated heterocycles. The van der Waals surface area contributed by atoms with Gasteiger partial charge < -0.3 is 29.9 Å². The lowest BCUT2D eigenvalue weighted by Crippen LogP contribution is -2.44. The maximum atomic E-state index is 12.3. The van der Waals surface area contributed by atoms with Gasteiger partial charge in [0.05, 0.1) is 31.0 Å². The van der Waals surface area contributed by atoms with Crippen LogP contribution in [0.5, 0.6) is 0 Å². The number of likely N-dealkylation sites (tertiary alicyclic amines) is 1. The number of hydrogen-bond donors (Lipinski definition) is 3. The summed E-state index contributed by atoms with van der Waals surface area (Å²) in [4.78, 5) is 36.8. The first kappa shape index (κ1) is 33.2.